The molecule has 48 heavy (non-hydrogen) atoms. The number of esters is 1. The molecular formula is C38H38O10. The Balaban J connectivity index is 0.869. The van der Waals surface area contributed by atoms with Crippen molar-refractivity contribution in [1.29, 1.82) is 0 Å². The van der Waals surface area contributed by atoms with Crippen LogP contribution in [-0.4, -0.2) is 71.0 Å². The van der Waals surface area contributed by atoms with Crippen molar-refractivity contribution >= 4 is 5.97 Å². The van der Waals surface area contributed by atoms with Crippen molar-refractivity contribution in [3.8, 4) is 34.1 Å². The fourth-order valence-electron chi connectivity index (χ4n) is 5.47. The zero-order chi connectivity index (χ0) is 32.7. The third kappa shape index (κ3) is 8.52. The predicted molar refractivity (Wildman–Crippen MR) is 175 cm³/mol. The van der Waals surface area contributed by atoms with E-state index in [2.05, 4.69) is 6.92 Å². The molecule has 0 amide bonds. The second-order valence-electron chi connectivity index (χ2n) is 11.9. The van der Waals surface area contributed by atoms with E-state index >= 15 is 0 Å². The minimum atomic E-state index is -0.433. The number of fused-ring (bicyclic) bond motifs is 3. The zero-order valence-corrected chi connectivity index (χ0v) is 26.8. The molecule has 0 N–H and O–H groups in total. The summed E-state index contributed by atoms with van der Waals surface area (Å²) in [5.74, 6) is 2.18. The van der Waals surface area contributed by atoms with E-state index in [1.54, 1.807) is 24.3 Å². The Kier molecular flexibility index (Phi) is 10.2. The SMILES string of the molecule is CC1c2cc(OOCc3ccc(OCCOCC4CO4)cc3)ccc2-c2ccc(OC(=O)c3ccc(OCCOCC4CO4)cc3)cc21. The van der Waals surface area contributed by atoms with Gasteiger partial charge in [-0.3, -0.25) is 0 Å². The maximum absolute atomic E-state index is 12.9. The summed E-state index contributed by atoms with van der Waals surface area (Å²) in [5.41, 5.74) is 5.81. The lowest BCUT2D eigenvalue weighted by molar-refractivity contribution is -0.217. The molecule has 7 rings (SSSR count). The Bertz CT molecular complexity index is 1680. The van der Waals surface area contributed by atoms with Crippen LogP contribution in [0.4, 0.5) is 0 Å². The molecule has 2 fully saturated rings. The second kappa shape index (κ2) is 15.2. The number of hydrogen-bond acceptors (Lipinski definition) is 10. The summed E-state index contributed by atoms with van der Waals surface area (Å²) in [7, 11) is 0. The lowest BCUT2D eigenvalue weighted by Crippen LogP contribution is -2.11. The van der Waals surface area contributed by atoms with Crippen LogP contribution >= 0.6 is 0 Å². The summed E-state index contributed by atoms with van der Waals surface area (Å²) >= 11 is 0. The molecule has 0 aromatic heterocycles. The lowest BCUT2D eigenvalue weighted by atomic mass is 9.99. The molecule has 3 atom stereocenters. The number of benzene rings is 4. The smallest absolute Gasteiger partial charge is 0.343 e. The van der Waals surface area contributed by atoms with Gasteiger partial charge in [0.1, 0.15) is 49.3 Å². The lowest BCUT2D eigenvalue weighted by Gasteiger charge is -2.11. The number of carbonyl (C=O) groups excluding carboxylic acids is 1. The molecule has 2 aliphatic heterocycles. The van der Waals surface area contributed by atoms with Crippen molar-refractivity contribution in [2.24, 2.45) is 0 Å². The molecule has 10 heteroatoms. The van der Waals surface area contributed by atoms with Crippen LogP contribution in [0.15, 0.2) is 84.9 Å². The van der Waals surface area contributed by atoms with Gasteiger partial charge >= 0.3 is 5.97 Å². The van der Waals surface area contributed by atoms with Crippen LogP contribution in [0.1, 0.15) is 39.9 Å². The van der Waals surface area contributed by atoms with Crippen molar-refractivity contribution in [3.63, 3.8) is 0 Å². The van der Waals surface area contributed by atoms with Crippen molar-refractivity contribution in [1.82, 2.24) is 0 Å². The van der Waals surface area contributed by atoms with Gasteiger partial charge in [-0.15, -0.1) is 0 Å². The first-order chi connectivity index (χ1) is 23.6. The monoisotopic (exact) mass is 654 g/mol. The Morgan fingerprint density at radius 3 is 1.77 bits per heavy atom. The molecule has 3 unspecified atom stereocenters. The van der Waals surface area contributed by atoms with Crippen LogP contribution in [0, 0.1) is 0 Å². The number of carbonyl (C=O) groups is 1. The quantitative estimate of drug-likeness (QED) is 0.0310. The Morgan fingerprint density at radius 1 is 0.667 bits per heavy atom. The van der Waals surface area contributed by atoms with E-state index in [1.165, 1.54) is 0 Å². The largest absolute Gasteiger partial charge is 0.491 e. The normalized spacial score (nSPS) is 18.5. The maximum Gasteiger partial charge on any atom is 0.343 e. The molecule has 0 bridgehead atoms. The minimum Gasteiger partial charge on any atom is -0.491 e. The number of ether oxygens (including phenoxy) is 7. The number of hydrogen-bond donors (Lipinski definition) is 0. The molecule has 0 spiro atoms. The molecule has 10 nitrogen and oxygen atoms in total. The van der Waals surface area contributed by atoms with Crippen molar-refractivity contribution < 1.29 is 47.7 Å². The highest BCUT2D eigenvalue weighted by Gasteiger charge is 2.27. The third-order valence-electron chi connectivity index (χ3n) is 8.28. The molecule has 2 heterocycles. The predicted octanol–water partition coefficient (Wildman–Crippen LogP) is 6.14. The fourth-order valence-corrected chi connectivity index (χ4v) is 5.47. The van der Waals surface area contributed by atoms with Gasteiger partial charge in [-0.1, -0.05) is 31.2 Å². The summed E-state index contributed by atoms with van der Waals surface area (Å²) in [6, 6.07) is 26.3. The summed E-state index contributed by atoms with van der Waals surface area (Å²) in [4.78, 5) is 24.1. The van der Waals surface area contributed by atoms with Crippen LogP contribution in [0.5, 0.6) is 23.0 Å². The standard InChI is InChI=1S/C38H38O10/c1-25-36-18-30(47-38(39)27-4-8-29(9-5-27)43-17-15-41-22-33-24-45-33)10-12-34(36)35-13-11-31(19-37(25)35)48-46-20-26-2-6-28(7-3-26)42-16-14-40-21-32-23-44-32/h2-13,18-19,25,32-33H,14-17,20-24H2,1H3. The Morgan fingerprint density at radius 2 is 1.19 bits per heavy atom. The molecule has 0 radical (unpaired) electrons. The first kappa shape index (κ1) is 32.1. The average molecular weight is 655 g/mol. The highest BCUT2D eigenvalue weighted by atomic mass is 17.2. The van der Waals surface area contributed by atoms with Crippen molar-refractivity contribution in [3.05, 3.63) is 107 Å². The molecule has 4 aromatic rings. The van der Waals surface area contributed by atoms with Gasteiger partial charge in [-0.05, 0) is 88.5 Å². The maximum atomic E-state index is 12.9. The first-order valence-electron chi connectivity index (χ1n) is 16.2. The van der Waals surface area contributed by atoms with Gasteiger partial charge in [0.2, 0.25) is 0 Å². The van der Waals surface area contributed by atoms with Gasteiger partial charge in [0.15, 0.2) is 5.75 Å². The van der Waals surface area contributed by atoms with Crippen LogP contribution in [0.3, 0.4) is 0 Å². The van der Waals surface area contributed by atoms with Crippen LogP contribution in [-0.2, 0) is 30.4 Å². The van der Waals surface area contributed by atoms with E-state index in [4.69, 9.17) is 42.9 Å². The van der Waals surface area contributed by atoms with Crippen molar-refractivity contribution in [2.45, 2.75) is 31.7 Å². The van der Waals surface area contributed by atoms with Gasteiger partial charge in [-0.2, -0.15) is 4.89 Å². The van der Waals surface area contributed by atoms with E-state index < -0.39 is 5.97 Å². The average Bonchev–Trinajstić information content (AvgIpc) is 4.06. The topological polar surface area (TPSA) is 107 Å². The summed E-state index contributed by atoms with van der Waals surface area (Å²) in [5, 5.41) is 0. The highest BCUT2D eigenvalue weighted by molar-refractivity contribution is 5.91. The van der Waals surface area contributed by atoms with Gasteiger partial charge < -0.3 is 38.0 Å². The van der Waals surface area contributed by atoms with E-state index in [9.17, 15) is 4.79 Å². The van der Waals surface area contributed by atoms with E-state index in [-0.39, 0.29) is 24.7 Å². The van der Waals surface area contributed by atoms with Crippen LogP contribution in [0.25, 0.3) is 11.1 Å². The van der Waals surface area contributed by atoms with Crippen LogP contribution in [0.2, 0.25) is 0 Å². The summed E-state index contributed by atoms with van der Waals surface area (Å²) in [6.45, 7) is 7.10. The molecule has 3 aliphatic rings. The van der Waals surface area contributed by atoms with Crippen molar-refractivity contribution in [2.75, 3.05) is 52.9 Å². The van der Waals surface area contributed by atoms with Gasteiger partial charge in [0.05, 0.1) is 45.2 Å². The van der Waals surface area contributed by atoms with Gasteiger partial charge in [0.25, 0.3) is 0 Å². The third-order valence-corrected chi connectivity index (χ3v) is 8.28. The first-order valence-corrected chi connectivity index (χ1v) is 16.2. The Hall–Kier alpha value is -4.45. The fraction of sp³-hybridized carbons (Fsp3) is 0.342. The van der Waals surface area contributed by atoms with Gasteiger partial charge in [0, 0.05) is 5.92 Å². The van der Waals surface area contributed by atoms with E-state index in [0.29, 0.717) is 62.5 Å². The molecule has 250 valence electrons. The number of epoxide rings is 2. The van der Waals surface area contributed by atoms with E-state index in [0.717, 1.165) is 46.8 Å². The Labute approximate surface area is 279 Å². The number of rotatable bonds is 18. The minimum absolute atomic E-state index is 0.0781. The highest BCUT2D eigenvalue weighted by Crippen LogP contribution is 2.47. The molecule has 0 saturated carbocycles. The summed E-state index contributed by atoms with van der Waals surface area (Å²) < 4.78 is 38.4. The zero-order valence-electron chi connectivity index (χ0n) is 26.8. The molecule has 4 aromatic carbocycles. The van der Waals surface area contributed by atoms with E-state index in [1.807, 2.05) is 60.7 Å². The molecular weight excluding hydrogens is 616 g/mol. The summed E-state index contributed by atoms with van der Waals surface area (Å²) in [6.07, 6.45) is 0.496. The van der Waals surface area contributed by atoms with Gasteiger partial charge in [-0.25, -0.2) is 4.79 Å². The molecule has 1 aliphatic carbocycles. The second-order valence-corrected chi connectivity index (χ2v) is 11.9. The van der Waals surface area contributed by atoms with Crippen LogP contribution < -0.4 is 19.1 Å². The molecule has 2 saturated heterocycles.